The molecular formula is C14H14ClFN2S. The van der Waals surface area contributed by atoms with Gasteiger partial charge >= 0.3 is 0 Å². The molecule has 2 aromatic rings. The second kappa shape index (κ2) is 6.78. The lowest BCUT2D eigenvalue weighted by Crippen LogP contribution is -2.01. The Kier molecular flexibility index (Phi) is 5.05. The molecule has 0 spiro atoms. The summed E-state index contributed by atoms with van der Waals surface area (Å²) in [6.07, 6.45) is 0. The van der Waals surface area contributed by atoms with Gasteiger partial charge in [0.2, 0.25) is 0 Å². The molecule has 0 amide bonds. The molecule has 0 aliphatic carbocycles. The molecule has 2 rings (SSSR count). The summed E-state index contributed by atoms with van der Waals surface area (Å²) in [4.78, 5) is 5.45. The lowest BCUT2D eigenvalue weighted by atomic mass is 10.3. The minimum atomic E-state index is -0.227. The number of nitrogens with one attached hydrogen (secondary N) is 1. The van der Waals surface area contributed by atoms with Crippen LogP contribution in [0.15, 0.2) is 41.3 Å². The van der Waals surface area contributed by atoms with E-state index in [-0.39, 0.29) is 5.82 Å². The Morgan fingerprint density at radius 1 is 1.21 bits per heavy atom. The van der Waals surface area contributed by atoms with Crippen LogP contribution in [0.5, 0.6) is 0 Å². The summed E-state index contributed by atoms with van der Waals surface area (Å²) in [6.45, 7) is 2.84. The molecule has 100 valence electrons. The third-order valence-corrected chi connectivity index (χ3v) is 3.83. The molecule has 1 aromatic carbocycles. The van der Waals surface area contributed by atoms with E-state index in [0.717, 1.165) is 23.0 Å². The average molecular weight is 297 g/mol. The second-order valence-corrected chi connectivity index (χ2v) is 5.35. The van der Waals surface area contributed by atoms with E-state index in [4.69, 9.17) is 11.6 Å². The number of anilines is 1. The van der Waals surface area contributed by atoms with Crippen LogP contribution in [0.25, 0.3) is 0 Å². The number of hydrogen-bond donors (Lipinski definition) is 1. The molecule has 19 heavy (non-hydrogen) atoms. The molecule has 5 heteroatoms. The molecule has 0 unspecified atom stereocenters. The van der Waals surface area contributed by atoms with Crippen LogP contribution in [0.4, 0.5) is 10.2 Å². The molecule has 0 fully saturated rings. The molecule has 0 bridgehead atoms. The number of halogens is 2. The first kappa shape index (κ1) is 14.2. The zero-order chi connectivity index (χ0) is 13.7. The third-order valence-electron chi connectivity index (χ3n) is 2.47. The highest BCUT2D eigenvalue weighted by Gasteiger charge is 2.05. The molecule has 2 nitrogen and oxygen atoms in total. The number of benzene rings is 1. The van der Waals surface area contributed by atoms with E-state index < -0.39 is 0 Å². The molecular weight excluding hydrogens is 283 g/mol. The van der Waals surface area contributed by atoms with E-state index >= 15 is 0 Å². The van der Waals surface area contributed by atoms with Crippen molar-refractivity contribution in [2.75, 3.05) is 11.9 Å². The highest BCUT2D eigenvalue weighted by molar-refractivity contribution is 7.98. The van der Waals surface area contributed by atoms with Crippen molar-refractivity contribution in [3.63, 3.8) is 0 Å². The van der Waals surface area contributed by atoms with Crippen LogP contribution in [-0.4, -0.2) is 11.5 Å². The summed E-state index contributed by atoms with van der Waals surface area (Å²) in [6, 6.07) is 10.1. The van der Waals surface area contributed by atoms with Crippen molar-refractivity contribution in [2.24, 2.45) is 0 Å². The van der Waals surface area contributed by atoms with Crippen molar-refractivity contribution < 1.29 is 4.39 Å². The Morgan fingerprint density at radius 2 is 1.95 bits per heavy atom. The summed E-state index contributed by atoms with van der Waals surface area (Å²) in [7, 11) is 0. The Hall–Kier alpha value is -1.26. The third kappa shape index (κ3) is 4.11. The monoisotopic (exact) mass is 296 g/mol. The van der Waals surface area contributed by atoms with Crippen molar-refractivity contribution in [3.05, 3.63) is 52.9 Å². The summed E-state index contributed by atoms with van der Waals surface area (Å²) < 4.78 is 12.8. The fourth-order valence-electron chi connectivity index (χ4n) is 1.55. The Morgan fingerprint density at radius 3 is 2.63 bits per heavy atom. The van der Waals surface area contributed by atoms with Crippen LogP contribution >= 0.6 is 23.4 Å². The molecule has 0 saturated carbocycles. The quantitative estimate of drug-likeness (QED) is 0.816. The number of pyridine rings is 1. The lowest BCUT2D eigenvalue weighted by molar-refractivity contribution is 0.626. The van der Waals surface area contributed by atoms with Gasteiger partial charge in [-0.15, -0.1) is 11.8 Å². The van der Waals surface area contributed by atoms with E-state index in [1.54, 1.807) is 23.9 Å². The van der Waals surface area contributed by atoms with Gasteiger partial charge in [0.15, 0.2) is 0 Å². The zero-order valence-electron chi connectivity index (χ0n) is 10.5. The smallest absolute Gasteiger partial charge is 0.126 e. The standard InChI is InChI=1S/C14H14ClFN2S/c1-2-17-14-8-7-12(15)13(18-14)9-19-11-5-3-10(16)4-6-11/h3-8H,2,9H2,1H3,(H,17,18). The lowest BCUT2D eigenvalue weighted by Gasteiger charge is -2.07. The molecule has 1 N–H and O–H groups in total. The van der Waals surface area contributed by atoms with Gasteiger partial charge < -0.3 is 5.32 Å². The number of rotatable bonds is 5. The van der Waals surface area contributed by atoms with Gasteiger partial charge in [-0.1, -0.05) is 11.6 Å². The van der Waals surface area contributed by atoms with Crippen LogP contribution in [0.1, 0.15) is 12.6 Å². The first-order chi connectivity index (χ1) is 9.19. The molecule has 0 saturated heterocycles. The number of thioether (sulfide) groups is 1. The van der Waals surface area contributed by atoms with Gasteiger partial charge in [0.05, 0.1) is 10.7 Å². The van der Waals surface area contributed by atoms with Crippen molar-refractivity contribution in [1.82, 2.24) is 4.98 Å². The predicted molar refractivity (Wildman–Crippen MR) is 79.4 cm³/mol. The van der Waals surface area contributed by atoms with Crippen LogP contribution in [0.3, 0.4) is 0 Å². The van der Waals surface area contributed by atoms with Crippen molar-refractivity contribution in [1.29, 1.82) is 0 Å². The first-order valence-electron chi connectivity index (χ1n) is 5.96. The van der Waals surface area contributed by atoms with Crippen LogP contribution in [-0.2, 0) is 5.75 Å². The van der Waals surface area contributed by atoms with E-state index in [2.05, 4.69) is 10.3 Å². The highest BCUT2D eigenvalue weighted by Crippen LogP contribution is 2.26. The Balaban J connectivity index is 2.05. The molecule has 0 aliphatic rings. The van der Waals surface area contributed by atoms with Gasteiger partial charge in [0, 0.05) is 17.2 Å². The molecule has 0 aliphatic heterocycles. The minimum absolute atomic E-state index is 0.227. The van der Waals surface area contributed by atoms with Gasteiger partial charge in [0.25, 0.3) is 0 Å². The van der Waals surface area contributed by atoms with Crippen LogP contribution < -0.4 is 5.32 Å². The molecule has 1 aromatic heterocycles. The summed E-state index contributed by atoms with van der Waals surface area (Å²) >= 11 is 7.71. The Bertz CT molecular complexity index is 546. The fourth-order valence-corrected chi connectivity index (χ4v) is 2.65. The minimum Gasteiger partial charge on any atom is -0.370 e. The molecule has 0 atom stereocenters. The maximum Gasteiger partial charge on any atom is 0.126 e. The first-order valence-corrected chi connectivity index (χ1v) is 7.33. The summed E-state index contributed by atoms with van der Waals surface area (Å²) in [5.74, 6) is 1.25. The topological polar surface area (TPSA) is 24.9 Å². The van der Waals surface area contributed by atoms with Crippen LogP contribution in [0, 0.1) is 5.82 Å². The maximum absolute atomic E-state index is 12.8. The zero-order valence-corrected chi connectivity index (χ0v) is 12.1. The number of aromatic nitrogens is 1. The predicted octanol–water partition coefficient (Wildman–Crippen LogP) is 4.60. The van der Waals surface area contributed by atoms with Gasteiger partial charge in [0.1, 0.15) is 11.6 Å². The van der Waals surface area contributed by atoms with E-state index in [9.17, 15) is 4.39 Å². The summed E-state index contributed by atoms with van der Waals surface area (Å²) in [5, 5.41) is 3.80. The maximum atomic E-state index is 12.8. The normalized spacial score (nSPS) is 10.5. The van der Waals surface area contributed by atoms with Gasteiger partial charge in [-0.3, -0.25) is 0 Å². The average Bonchev–Trinajstić information content (AvgIpc) is 2.41. The second-order valence-electron chi connectivity index (χ2n) is 3.90. The number of hydrogen-bond acceptors (Lipinski definition) is 3. The molecule has 1 heterocycles. The van der Waals surface area contributed by atoms with Crippen molar-refractivity contribution in [3.8, 4) is 0 Å². The highest BCUT2D eigenvalue weighted by atomic mass is 35.5. The number of nitrogens with zero attached hydrogens (tertiary/aromatic N) is 1. The fraction of sp³-hybridized carbons (Fsp3) is 0.214. The van der Waals surface area contributed by atoms with Crippen LogP contribution in [0.2, 0.25) is 5.02 Å². The van der Waals surface area contributed by atoms with E-state index in [0.29, 0.717) is 10.8 Å². The SMILES string of the molecule is CCNc1ccc(Cl)c(CSc2ccc(F)cc2)n1. The largest absolute Gasteiger partial charge is 0.370 e. The van der Waals surface area contributed by atoms with Gasteiger partial charge in [-0.2, -0.15) is 0 Å². The molecule has 0 radical (unpaired) electrons. The summed E-state index contributed by atoms with van der Waals surface area (Å²) in [5.41, 5.74) is 0.828. The Labute approximate surface area is 121 Å². The van der Waals surface area contributed by atoms with Gasteiger partial charge in [-0.25, -0.2) is 9.37 Å². The van der Waals surface area contributed by atoms with Crippen molar-refractivity contribution >= 4 is 29.2 Å². The van der Waals surface area contributed by atoms with E-state index in [1.807, 2.05) is 19.1 Å². The van der Waals surface area contributed by atoms with E-state index in [1.165, 1.54) is 12.1 Å². The van der Waals surface area contributed by atoms with Gasteiger partial charge in [-0.05, 0) is 43.3 Å². The van der Waals surface area contributed by atoms with Crippen molar-refractivity contribution in [2.45, 2.75) is 17.6 Å².